The third-order valence-electron chi connectivity index (χ3n) is 5.58. The molecule has 0 radical (unpaired) electrons. The highest BCUT2D eigenvalue weighted by atomic mass is 16.2. The Morgan fingerprint density at radius 3 is 2.36 bits per heavy atom. The number of H-pyrrole nitrogens is 1. The van der Waals surface area contributed by atoms with Crippen molar-refractivity contribution in [3.8, 4) is 11.4 Å². The summed E-state index contributed by atoms with van der Waals surface area (Å²) in [5.41, 5.74) is 3.36. The van der Waals surface area contributed by atoms with Crippen molar-refractivity contribution in [2.24, 2.45) is 5.92 Å². The fourth-order valence-corrected chi connectivity index (χ4v) is 3.78. The van der Waals surface area contributed by atoms with Gasteiger partial charge < -0.3 is 14.8 Å². The number of aromatic nitrogens is 2. The second-order valence-electron chi connectivity index (χ2n) is 7.58. The van der Waals surface area contributed by atoms with Crippen LogP contribution >= 0.6 is 0 Å². The summed E-state index contributed by atoms with van der Waals surface area (Å²) in [5.74, 6) is 1.31. The van der Waals surface area contributed by atoms with Crippen LogP contribution in [0.4, 0.5) is 0 Å². The SMILES string of the molecule is O=C(c1ccc2nc(-c3ccccc3)[nH]c2c1)N1CCN(C(=O)C2CC2)CC1. The van der Waals surface area contributed by atoms with Gasteiger partial charge in [-0.1, -0.05) is 30.3 Å². The van der Waals surface area contributed by atoms with Crippen LogP contribution in [0.5, 0.6) is 0 Å². The number of imidazole rings is 1. The molecule has 6 nitrogen and oxygen atoms in total. The molecular weight excluding hydrogens is 352 g/mol. The summed E-state index contributed by atoms with van der Waals surface area (Å²) < 4.78 is 0. The number of carbonyl (C=O) groups is 2. The molecule has 2 amide bonds. The van der Waals surface area contributed by atoms with Crippen molar-refractivity contribution in [2.45, 2.75) is 12.8 Å². The monoisotopic (exact) mass is 374 g/mol. The number of benzene rings is 2. The molecule has 2 aliphatic rings. The highest BCUT2D eigenvalue weighted by Gasteiger charge is 2.35. The molecule has 142 valence electrons. The summed E-state index contributed by atoms with van der Waals surface area (Å²) in [6, 6.07) is 15.5. The van der Waals surface area contributed by atoms with E-state index in [9.17, 15) is 9.59 Å². The number of piperazine rings is 1. The molecule has 1 saturated carbocycles. The third-order valence-corrected chi connectivity index (χ3v) is 5.58. The lowest BCUT2D eigenvalue weighted by molar-refractivity contribution is -0.134. The number of nitrogens with zero attached hydrogens (tertiary/aromatic N) is 3. The molecule has 0 spiro atoms. The van der Waals surface area contributed by atoms with E-state index in [-0.39, 0.29) is 17.7 Å². The molecule has 28 heavy (non-hydrogen) atoms. The van der Waals surface area contributed by atoms with Crippen molar-refractivity contribution in [3.63, 3.8) is 0 Å². The Hall–Kier alpha value is -3.15. The smallest absolute Gasteiger partial charge is 0.254 e. The minimum absolute atomic E-state index is 0.0104. The van der Waals surface area contributed by atoms with Crippen molar-refractivity contribution in [1.29, 1.82) is 0 Å². The lowest BCUT2D eigenvalue weighted by Crippen LogP contribution is -2.51. The summed E-state index contributed by atoms with van der Waals surface area (Å²) in [7, 11) is 0. The summed E-state index contributed by atoms with van der Waals surface area (Å²) in [5, 5.41) is 0. The number of nitrogens with one attached hydrogen (secondary N) is 1. The van der Waals surface area contributed by atoms with Crippen LogP contribution in [0.1, 0.15) is 23.2 Å². The van der Waals surface area contributed by atoms with E-state index < -0.39 is 0 Å². The Kier molecular flexibility index (Phi) is 4.11. The Morgan fingerprint density at radius 2 is 1.64 bits per heavy atom. The predicted molar refractivity (Wildman–Crippen MR) is 107 cm³/mol. The van der Waals surface area contributed by atoms with Crippen LogP contribution in [0.25, 0.3) is 22.4 Å². The first kappa shape index (κ1) is 17.0. The summed E-state index contributed by atoms with van der Waals surface area (Å²) in [6.45, 7) is 2.44. The highest BCUT2D eigenvalue weighted by Crippen LogP contribution is 2.31. The first-order chi connectivity index (χ1) is 13.7. The lowest BCUT2D eigenvalue weighted by atomic mass is 10.1. The van der Waals surface area contributed by atoms with Gasteiger partial charge in [0.1, 0.15) is 5.82 Å². The maximum Gasteiger partial charge on any atom is 0.254 e. The first-order valence-electron chi connectivity index (χ1n) is 9.82. The number of rotatable bonds is 3. The van der Waals surface area contributed by atoms with Gasteiger partial charge in [-0.3, -0.25) is 9.59 Å². The first-order valence-corrected chi connectivity index (χ1v) is 9.82. The highest BCUT2D eigenvalue weighted by molar-refractivity contribution is 5.98. The molecule has 2 fully saturated rings. The minimum Gasteiger partial charge on any atom is -0.339 e. The van der Waals surface area contributed by atoms with Crippen molar-refractivity contribution in [3.05, 3.63) is 54.1 Å². The van der Waals surface area contributed by atoms with Gasteiger partial charge in [0.05, 0.1) is 11.0 Å². The minimum atomic E-state index is 0.0104. The van der Waals surface area contributed by atoms with Gasteiger partial charge in [-0.15, -0.1) is 0 Å². The molecule has 1 saturated heterocycles. The fourth-order valence-electron chi connectivity index (χ4n) is 3.78. The zero-order valence-corrected chi connectivity index (χ0v) is 15.6. The molecular formula is C22H22N4O2. The van der Waals surface area contributed by atoms with Crippen LogP contribution in [0.3, 0.4) is 0 Å². The Morgan fingerprint density at radius 1 is 0.929 bits per heavy atom. The standard InChI is InChI=1S/C22H22N4O2/c27-21(16-6-7-16)25-10-12-26(13-11-25)22(28)17-8-9-18-19(14-17)24-20(23-18)15-4-2-1-3-5-15/h1-5,8-9,14,16H,6-7,10-13H2,(H,23,24). The van der Waals surface area contributed by atoms with Gasteiger partial charge in [-0.25, -0.2) is 4.98 Å². The molecule has 0 atom stereocenters. The molecule has 6 heteroatoms. The van der Waals surface area contributed by atoms with Gasteiger partial charge in [-0.05, 0) is 31.0 Å². The number of amides is 2. The molecule has 5 rings (SSSR count). The van der Waals surface area contributed by atoms with E-state index >= 15 is 0 Å². The van der Waals surface area contributed by atoms with E-state index in [0.29, 0.717) is 31.7 Å². The second kappa shape index (κ2) is 6.78. The zero-order valence-electron chi connectivity index (χ0n) is 15.6. The molecule has 0 bridgehead atoms. The summed E-state index contributed by atoms with van der Waals surface area (Å²) >= 11 is 0. The quantitative estimate of drug-likeness (QED) is 0.766. The van der Waals surface area contributed by atoms with Gasteiger partial charge in [0, 0.05) is 43.2 Å². The van der Waals surface area contributed by atoms with Gasteiger partial charge in [-0.2, -0.15) is 0 Å². The van der Waals surface area contributed by atoms with E-state index in [4.69, 9.17) is 0 Å². The predicted octanol–water partition coefficient (Wildman–Crippen LogP) is 2.92. The van der Waals surface area contributed by atoms with Gasteiger partial charge >= 0.3 is 0 Å². The molecule has 1 aromatic heterocycles. The molecule has 3 aromatic rings. The zero-order chi connectivity index (χ0) is 19.1. The Balaban J connectivity index is 1.31. The third kappa shape index (κ3) is 3.15. The summed E-state index contributed by atoms with van der Waals surface area (Å²) in [6.07, 6.45) is 2.04. The van der Waals surface area contributed by atoms with E-state index in [1.54, 1.807) is 0 Å². The Bertz CT molecular complexity index is 1030. The molecule has 0 unspecified atom stereocenters. The largest absolute Gasteiger partial charge is 0.339 e. The Labute approximate surface area is 163 Å². The lowest BCUT2D eigenvalue weighted by Gasteiger charge is -2.35. The maximum absolute atomic E-state index is 12.9. The van der Waals surface area contributed by atoms with Crippen LogP contribution in [0.15, 0.2) is 48.5 Å². The van der Waals surface area contributed by atoms with Crippen molar-refractivity contribution >= 4 is 22.8 Å². The fraction of sp³-hybridized carbons (Fsp3) is 0.318. The van der Waals surface area contributed by atoms with Crippen LogP contribution in [-0.4, -0.2) is 57.8 Å². The van der Waals surface area contributed by atoms with E-state index in [0.717, 1.165) is 35.3 Å². The number of carbonyl (C=O) groups excluding carboxylic acids is 2. The van der Waals surface area contributed by atoms with Gasteiger partial charge in [0.2, 0.25) is 5.91 Å². The van der Waals surface area contributed by atoms with E-state index in [2.05, 4.69) is 9.97 Å². The second-order valence-corrected chi connectivity index (χ2v) is 7.58. The van der Waals surface area contributed by atoms with E-state index in [1.807, 2.05) is 58.3 Å². The van der Waals surface area contributed by atoms with Crippen LogP contribution < -0.4 is 0 Å². The normalized spacial score (nSPS) is 17.1. The molecule has 2 heterocycles. The number of hydrogen-bond donors (Lipinski definition) is 1. The van der Waals surface area contributed by atoms with Gasteiger partial charge in [0.15, 0.2) is 0 Å². The van der Waals surface area contributed by atoms with Crippen LogP contribution in [0.2, 0.25) is 0 Å². The number of aromatic amines is 1. The number of hydrogen-bond acceptors (Lipinski definition) is 3. The molecule has 2 aromatic carbocycles. The topological polar surface area (TPSA) is 69.3 Å². The van der Waals surface area contributed by atoms with Crippen molar-refractivity contribution in [2.75, 3.05) is 26.2 Å². The molecule has 1 aliphatic carbocycles. The van der Waals surface area contributed by atoms with Crippen LogP contribution in [0, 0.1) is 5.92 Å². The van der Waals surface area contributed by atoms with E-state index in [1.165, 1.54) is 0 Å². The van der Waals surface area contributed by atoms with Crippen LogP contribution in [-0.2, 0) is 4.79 Å². The maximum atomic E-state index is 12.9. The van der Waals surface area contributed by atoms with Gasteiger partial charge in [0.25, 0.3) is 5.91 Å². The average Bonchev–Trinajstić information content (AvgIpc) is 3.51. The molecule has 1 aliphatic heterocycles. The van der Waals surface area contributed by atoms with Crippen molar-refractivity contribution < 1.29 is 9.59 Å². The number of fused-ring (bicyclic) bond motifs is 1. The molecule has 1 N–H and O–H groups in total. The summed E-state index contributed by atoms with van der Waals surface area (Å²) in [4.78, 5) is 36.8. The van der Waals surface area contributed by atoms with Crippen molar-refractivity contribution in [1.82, 2.24) is 19.8 Å². The average molecular weight is 374 g/mol.